The number of alkyl halides is 3. The highest BCUT2D eigenvalue weighted by atomic mass is 19.4. The smallest absolute Gasteiger partial charge is 0.406 e. The number of halogens is 3. The molecule has 12 heteroatoms. The van der Waals surface area contributed by atoms with Gasteiger partial charge in [-0.25, -0.2) is 19.7 Å². The van der Waals surface area contributed by atoms with E-state index >= 15 is 0 Å². The van der Waals surface area contributed by atoms with Crippen molar-refractivity contribution >= 4 is 40.5 Å². The molecule has 0 bridgehead atoms. The van der Waals surface area contributed by atoms with E-state index in [1.165, 1.54) is 12.1 Å². The Kier molecular flexibility index (Phi) is 7.37. The maximum absolute atomic E-state index is 12.3. The van der Waals surface area contributed by atoms with Crippen molar-refractivity contribution in [1.82, 2.24) is 15.0 Å². The summed E-state index contributed by atoms with van der Waals surface area (Å²) in [5, 5.41) is 11.5. The van der Waals surface area contributed by atoms with Crippen LogP contribution in [0.3, 0.4) is 0 Å². The Balaban J connectivity index is 1.34. The summed E-state index contributed by atoms with van der Waals surface area (Å²) in [5.41, 5.74) is 2.60. The van der Waals surface area contributed by atoms with Crippen molar-refractivity contribution in [1.29, 1.82) is 0 Å². The minimum absolute atomic E-state index is 0.301. The molecule has 0 aliphatic heterocycles. The van der Waals surface area contributed by atoms with Crippen molar-refractivity contribution in [3.63, 3.8) is 0 Å². The van der Waals surface area contributed by atoms with Crippen molar-refractivity contribution in [2.24, 2.45) is 0 Å². The number of benzene rings is 2. The number of carbonyl (C=O) groups is 1. The molecule has 4 N–H and O–H groups in total. The van der Waals surface area contributed by atoms with E-state index in [0.717, 1.165) is 23.4 Å². The van der Waals surface area contributed by atoms with Crippen LogP contribution in [0.15, 0.2) is 72.9 Å². The third kappa shape index (κ3) is 7.82. The van der Waals surface area contributed by atoms with E-state index in [1.807, 2.05) is 19.1 Å². The first-order chi connectivity index (χ1) is 17.6. The number of nitrogens with zero attached hydrogens (tertiary/aromatic N) is 3. The third-order valence-electron chi connectivity index (χ3n) is 4.77. The minimum atomic E-state index is -4.78. The van der Waals surface area contributed by atoms with Crippen LogP contribution in [-0.2, 0) is 0 Å². The molecule has 0 saturated carbocycles. The predicted molar refractivity (Wildman–Crippen MR) is 135 cm³/mol. The summed E-state index contributed by atoms with van der Waals surface area (Å²) in [4.78, 5) is 25.3. The molecule has 0 atom stereocenters. The summed E-state index contributed by atoms with van der Waals surface area (Å²) >= 11 is 0. The maximum atomic E-state index is 12.3. The zero-order valence-corrected chi connectivity index (χ0v) is 19.7. The Bertz CT molecular complexity index is 1380. The van der Waals surface area contributed by atoms with Crippen LogP contribution < -0.4 is 26.0 Å². The molecule has 4 rings (SSSR count). The highest BCUT2D eigenvalue weighted by molar-refractivity contribution is 5.99. The van der Waals surface area contributed by atoms with Crippen molar-refractivity contribution in [2.75, 3.05) is 21.3 Å². The molecular formula is C25H22F3N7O2. The molecule has 2 heterocycles. The molecule has 0 fully saturated rings. The van der Waals surface area contributed by atoms with Gasteiger partial charge in [-0.3, -0.25) is 0 Å². The molecule has 2 amide bonds. The predicted octanol–water partition coefficient (Wildman–Crippen LogP) is 6.52. The van der Waals surface area contributed by atoms with Crippen LogP contribution in [0.5, 0.6) is 5.75 Å². The number of hydrogen-bond acceptors (Lipinski definition) is 7. The molecule has 0 aliphatic carbocycles. The standard InChI is InChI=1S/C25H22F3N7O2/c1-15-11-12-29-21(13-15)35-23-14-22(30-16(2)31-23)32-17-3-5-18(6-4-17)33-24(36)34-19-7-9-20(10-8-19)37-25(26,27)28/h3-14H,1-2H3,(H2,33,34,36)(H2,29,30,31,32,35). The van der Waals surface area contributed by atoms with Gasteiger partial charge in [-0.05, 0) is 80.1 Å². The molecule has 0 saturated heterocycles. The average molecular weight is 509 g/mol. The molecule has 0 aliphatic rings. The fraction of sp³-hybridized carbons (Fsp3) is 0.120. The van der Waals surface area contributed by atoms with Crippen LogP contribution >= 0.6 is 0 Å². The monoisotopic (exact) mass is 509 g/mol. The van der Waals surface area contributed by atoms with Crippen molar-refractivity contribution in [3.8, 4) is 5.75 Å². The SMILES string of the molecule is Cc1ccnc(Nc2cc(Nc3ccc(NC(=O)Nc4ccc(OC(F)(F)F)cc4)cc3)nc(C)n2)c1. The molecule has 2 aromatic heterocycles. The van der Waals surface area contributed by atoms with Crippen LogP contribution in [0.4, 0.5) is 52.5 Å². The van der Waals surface area contributed by atoms with Gasteiger partial charge in [-0.2, -0.15) is 0 Å². The number of pyridine rings is 1. The minimum Gasteiger partial charge on any atom is -0.406 e. The van der Waals surface area contributed by atoms with Gasteiger partial charge in [0.15, 0.2) is 0 Å². The number of amides is 2. The number of urea groups is 1. The van der Waals surface area contributed by atoms with Crippen molar-refractivity contribution in [3.05, 3.63) is 84.3 Å². The number of rotatable bonds is 7. The lowest BCUT2D eigenvalue weighted by Crippen LogP contribution is -2.19. The number of ether oxygens (including phenoxy) is 1. The number of carbonyl (C=O) groups excluding carboxylic acids is 1. The first kappa shape index (κ1) is 25.2. The van der Waals surface area contributed by atoms with Crippen molar-refractivity contribution in [2.45, 2.75) is 20.2 Å². The molecule has 0 radical (unpaired) electrons. The Hall–Kier alpha value is -4.87. The van der Waals surface area contributed by atoms with Gasteiger partial charge in [0.05, 0.1) is 0 Å². The number of aryl methyl sites for hydroxylation is 2. The van der Waals surface area contributed by atoms with Crippen LogP contribution in [0.1, 0.15) is 11.4 Å². The molecule has 4 aromatic rings. The average Bonchev–Trinajstić information content (AvgIpc) is 2.80. The van der Waals surface area contributed by atoms with Gasteiger partial charge >= 0.3 is 12.4 Å². The Labute approximate surface area is 210 Å². The van der Waals surface area contributed by atoms with Gasteiger partial charge in [0, 0.05) is 29.3 Å². The first-order valence-electron chi connectivity index (χ1n) is 11.0. The molecule has 9 nitrogen and oxygen atoms in total. The van der Waals surface area contributed by atoms with Gasteiger partial charge in [0.1, 0.15) is 29.0 Å². The lowest BCUT2D eigenvalue weighted by atomic mass is 10.2. The topological polar surface area (TPSA) is 113 Å². The molecule has 37 heavy (non-hydrogen) atoms. The fourth-order valence-corrected chi connectivity index (χ4v) is 3.25. The molecule has 0 spiro atoms. The van der Waals surface area contributed by atoms with E-state index in [4.69, 9.17) is 0 Å². The lowest BCUT2D eigenvalue weighted by Gasteiger charge is -2.12. The quantitative estimate of drug-likeness (QED) is 0.224. The molecule has 0 unspecified atom stereocenters. The van der Waals surface area contributed by atoms with Crippen LogP contribution in [0.25, 0.3) is 0 Å². The zero-order valence-electron chi connectivity index (χ0n) is 19.7. The van der Waals surface area contributed by atoms with E-state index in [2.05, 4.69) is 41.0 Å². The van der Waals surface area contributed by atoms with Gasteiger partial charge in [-0.1, -0.05) is 0 Å². The van der Waals surface area contributed by atoms with Gasteiger partial charge in [-0.15, -0.1) is 13.2 Å². The number of nitrogens with one attached hydrogen (secondary N) is 4. The summed E-state index contributed by atoms with van der Waals surface area (Å²) < 4.78 is 40.6. The molecule has 190 valence electrons. The summed E-state index contributed by atoms with van der Waals surface area (Å²) in [6, 6.07) is 16.7. The lowest BCUT2D eigenvalue weighted by molar-refractivity contribution is -0.274. The maximum Gasteiger partial charge on any atom is 0.573 e. The van der Waals surface area contributed by atoms with E-state index in [1.54, 1.807) is 43.5 Å². The van der Waals surface area contributed by atoms with E-state index < -0.39 is 12.4 Å². The van der Waals surface area contributed by atoms with Gasteiger partial charge in [0.2, 0.25) is 0 Å². The van der Waals surface area contributed by atoms with Gasteiger partial charge in [0.25, 0.3) is 0 Å². The third-order valence-corrected chi connectivity index (χ3v) is 4.77. The van der Waals surface area contributed by atoms with E-state index in [-0.39, 0.29) is 5.75 Å². The van der Waals surface area contributed by atoms with E-state index in [0.29, 0.717) is 34.7 Å². The largest absolute Gasteiger partial charge is 0.573 e. The normalized spacial score (nSPS) is 10.9. The van der Waals surface area contributed by atoms with Crippen molar-refractivity contribution < 1.29 is 22.7 Å². The van der Waals surface area contributed by atoms with Crippen LogP contribution in [-0.4, -0.2) is 27.3 Å². The number of hydrogen-bond donors (Lipinski definition) is 4. The second kappa shape index (κ2) is 10.8. The highest BCUT2D eigenvalue weighted by Gasteiger charge is 2.30. The first-order valence-corrected chi connectivity index (χ1v) is 11.0. The highest BCUT2D eigenvalue weighted by Crippen LogP contribution is 2.25. The number of aromatic nitrogens is 3. The molecular weight excluding hydrogens is 487 g/mol. The second-order valence-electron chi connectivity index (χ2n) is 7.88. The van der Waals surface area contributed by atoms with Crippen LogP contribution in [0.2, 0.25) is 0 Å². The zero-order chi connectivity index (χ0) is 26.4. The Morgan fingerprint density at radius 2 is 1.32 bits per heavy atom. The van der Waals surface area contributed by atoms with Gasteiger partial charge < -0.3 is 26.0 Å². The Morgan fingerprint density at radius 3 is 1.92 bits per heavy atom. The molecule has 2 aromatic carbocycles. The summed E-state index contributed by atoms with van der Waals surface area (Å²) in [6.07, 6.45) is -3.07. The fourth-order valence-electron chi connectivity index (χ4n) is 3.25. The summed E-state index contributed by atoms with van der Waals surface area (Å²) in [5.74, 6) is 2.01. The summed E-state index contributed by atoms with van der Waals surface area (Å²) in [6.45, 7) is 3.75. The number of anilines is 6. The summed E-state index contributed by atoms with van der Waals surface area (Å²) in [7, 11) is 0. The van der Waals surface area contributed by atoms with E-state index in [9.17, 15) is 18.0 Å². The second-order valence-corrected chi connectivity index (χ2v) is 7.88. The van der Waals surface area contributed by atoms with Crippen LogP contribution in [0, 0.1) is 13.8 Å². The Morgan fingerprint density at radius 1 is 0.757 bits per heavy atom.